The topological polar surface area (TPSA) is 15.3 Å². The van der Waals surface area contributed by atoms with Crippen LogP contribution >= 0.6 is 11.3 Å². The van der Waals surface area contributed by atoms with E-state index in [1.807, 2.05) is 11.3 Å². The molecule has 1 saturated heterocycles. The zero-order chi connectivity index (χ0) is 11.5. The van der Waals surface area contributed by atoms with E-state index in [0.29, 0.717) is 6.04 Å². The van der Waals surface area contributed by atoms with Gasteiger partial charge in [-0.15, -0.1) is 11.3 Å². The Hall–Kier alpha value is -0.380. The number of aryl methyl sites for hydroxylation is 1. The summed E-state index contributed by atoms with van der Waals surface area (Å²) in [6.45, 7) is 8.13. The van der Waals surface area contributed by atoms with Crippen LogP contribution in [0.2, 0.25) is 0 Å². The van der Waals surface area contributed by atoms with E-state index in [2.05, 4.69) is 43.2 Å². The standard InChI is InChI=1S/C13H22N2S/c1-10-8-15(7-6-13(10)14-3)9-12-5-4-11(2)16-12/h4-5,10,13-14H,6-9H2,1-3H3. The predicted molar refractivity (Wildman–Crippen MR) is 71.0 cm³/mol. The summed E-state index contributed by atoms with van der Waals surface area (Å²) in [6.07, 6.45) is 1.28. The van der Waals surface area contributed by atoms with Gasteiger partial charge in [-0.2, -0.15) is 0 Å². The fraction of sp³-hybridized carbons (Fsp3) is 0.692. The maximum absolute atomic E-state index is 3.42. The molecule has 0 bridgehead atoms. The van der Waals surface area contributed by atoms with Gasteiger partial charge in [0.05, 0.1) is 0 Å². The second kappa shape index (κ2) is 5.30. The summed E-state index contributed by atoms with van der Waals surface area (Å²) in [6, 6.07) is 5.21. The molecule has 0 saturated carbocycles. The second-order valence-corrected chi connectivity index (χ2v) is 6.28. The van der Waals surface area contributed by atoms with Crippen LogP contribution in [0.5, 0.6) is 0 Å². The SMILES string of the molecule is CNC1CCN(Cc2ccc(C)s2)CC1C. The average Bonchev–Trinajstić information content (AvgIpc) is 2.64. The van der Waals surface area contributed by atoms with Gasteiger partial charge in [0.25, 0.3) is 0 Å². The summed E-state index contributed by atoms with van der Waals surface area (Å²) in [5.74, 6) is 0.764. The Morgan fingerprint density at radius 3 is 2.88 bits per heavy atom. The van der Waals surface area contributed by atoms with Crippen LogP contribution in [0.3, 0.4) is 0 Å². The van der Waals surface area contributed by atoms with Gasteiger partial charge in [0, 0.05) is 35.4 Å². The Balaban J connectivity index is 1.88. The van der Waals surface area contributed by atoms with Crippen molar-refractivity contribution in [2.75, 3.05) is 20.1 Å². The molecule has 16 heavy (non-hydrogen) atoms. The average molecular weight is 238 g/mol. The molecule has 3 heteroatoms. The zero-order valence-electron chi connectivity index (χ0n) is 10.5. The molecule has 1 aromatic heterocycles. The maximum Gasteiger partial charge on any atom is 0.0328 e. The number of likely N-dealkylation sites (tertiary alicyclic amines) is 1. The van der Waals surface area contributed by atoms with Crippen LogP contribution in [0.1, 0.15) is 23.1 Å². The summed E-state index contributed by atoms with van der Waals surface area (Å²) in [5, 5.41) is 3.42. The van der Waals surface area contributed by atoms with E-state index in [-0.39, 0.29) is 0 Å². The first-order valence-electron chi connectivity index (χ1n) is 6.14. The van der Waals surface area contributed by atoms with E-state index in [9.17, 15) is 0 Å². The van der Waals surface area contributed by atoms with Crippen LogP contribution in [0, 0.1) is 12.8 Å². The lowest BCUT2D eigenvalue weighted by molar-refractivity contribution is 0.146. The summed E-state index contributed by atoms with van der Waals surface area (Å²) >= 11 is 1.93. The van der Waals surface area contributed by atoms with Crippen molar-refractivity contribution in [2.45, 2.75) is 32.9 Å². The molecule has 90 valence electrons. The van der Waals surface area contributed by atoms with Gasteiger partial charge in [0.15, 0.2) is 0 Å². The van der Waals surface area contributed by atoms with Crippen LogP contribution < -0.4 is 5.32 Å². The molecule has 2 nitrogen and oxygen atoms in total. The van der Waals surface area contributed by atoms with Crippen molar-refractivity contribution in [3.05, 3.63) is 21.9 Å². The van der Waals surface area contributed by atoms with Crippen molar-refractivity contribution in [2.24, 2.45) is 5.92 Å². The van der Waals surface area contributed by atoms with Gasteiger partial charge < -0.3 is 5.32 Å². The molecule has 2 unspecified atom stereocenters. The fourth-order valence-corrected chi connectivity index (χ4v) is 3.53. The monoisotopic (exact) mass is 238 g/mol. The van der Waals surface area contributed by atoms with Crippen molar-refractivity contribution in [3.8, 4) is 0 Å². The summed E-state index contributed by atoms with van der Waals surface area (Å²) in [5.41, 5.74) is 0. The molecule has 0 radical (unpaired) electrons. The lowest BCUT2D eigenvalue weighted by Gasteiger charge is -2.36. The molecule has 2 heterocycles. The summed E-state index contributed by atoms with van der Waals surface area (Å²) in [4.78, 5) is 5.52. The minimum atomic E-state index is 0.710. The highest BCUT2D eigenvalue weighted by atomic mass is 32.1. The second-order valence-electron chi connectivity index (χ2n) is 4.91. The zero-order valence-corrected chi connectivity index (χ0v) is 11.3. The van der Waals surface area contributed by atoms with E-state index in [1.165, 1.54) is 29.3 Å². The number of hydrogen-bond donors (Lipinski definition) is 1. The Kier molecular flexibility index (Phi) is 4.00. The molecule has 2 atom stereocenters. The molecule has 0 aliphatic carbocycles. The lowest BCUT2D eigenvalue weighted by atomic mass is 9.94. The highest BCUT2D eigenvalue weighted by Crippen LogP contribution is 2.22. The molecule has 0 amide bonds. The minimum Gasteiger partial charge on any atom is -0.317 e. The van der Waals surface area contributed by atoms with Crippen molar-refractivity contribution in [1.29, 1.82) is 0 Å². The molecular weight excluding hydrogens is 216 g/mol. The van der Waals surface area contributed by atoms with Gasteiger partial charge >= 0.3 is 0 Å². The van der Waals surface area contributed by atoms with Gasteiger partial charge in [0.1, 0.15) is 0 Å². The Morgan fingerprint density at radius 1 is 1.50 bits per heavy atom. The molecular formula is C13H22N2S. The summed E-state index contributed by atoms with van der Waals surface area (Å²) in [7, 11) is 2.08. The quantitative estimate of drug-likeness (QED) is 0.870. The molecule has 2 rings (SSSR count). The first-order chi connectivity index (χ1) is 7.69. The smallest absolute Gasteiger partial charge is 0.0328 e. The third-order valence-electron chi connectivity index (χ3n) is 3.54. The Bertz CT molecular complexity index is 334. The van der Waals surface area contributed by atoms with Crippen molar-refractivity contribution in [3.63, 3.8) is 0 Å². The fourth-order valence-electron chi connectivity index (χ4n) is 2.59. The number of thiophene rings is 1. The van der Waals surface area contributed by atoms with Crippen LogP contribution in [-0.4, -0.2) is 31.1 Å². The summed E-state index contributed by atoms with van der Waals surface area (Å²) < 4.78 is 0. The van der Waals surface area contributed by atoms with Crippen LogP contribution in [0.4, 0.5) is 0 Å². The maximum atomic E-state index is 3.42. The van der Waals surface area contributed by atoms with E-state index >= 15 is 0 Å². The number of nitrogens with zero attached hydrogens (tertiary/aromatic N) is 1. The van der Waals surface area contributed by atoms with Gasteiger partial charge in [-0.1, -0.05) is 6.92 Å². The first kappa shape index (κ1) is 12.1. The van der Waals surface area contributed by atoms with Crippen LogP contribution in [0.25, 0.3) is 0 Å². The molecule has 1 aromatic rings. The first-order valence-corrected chi connectivity index (χ1v) is 6.95. The van der Waals surface area contributed by atoms with Gasteiger partial charge in [-0.25, -0.2) is 0 Å². The lowest BCUT2D eigenvalue weighted by Crippen LogP contribution is -2.46. The molecule has 1 fully saturated rings. The molecule has 1 aliphatic heterocycles. The molecule has 1 N–H and O–H groups in total. The van der Waals surface area contributed by atoms with Gasteiger partial charge in [0.2, 0.25) is 0 Å². The third-order valence-corrected chi connectivity index (χ3v) is 4.52. The van der Waals surface area contributed by atoms with Crippen molar-refractivity contribution >= 4 is 11.3 Å². The number of hydrogen-bond acceptors (Lipinski definition) is 3. The van der Waals surface area contributed by atoms with E-state index in [4.69, 9.17) is 0 Å². The van der Waals surface area contributed by atoms with Crippen molar-refractivity contribution < 1.29 is 0 Å². The number of nitrogens with one attached hydrogen (secondary N) is 1. The predicted octanol–water partition coefficient (Wildman–Crippen LogP) is 2.49. The largest absolute Gasteiger partial charge is 0.317 e. The molecule has 1 aliphatic rings. The van der Waals surface area contributed by atoms with Gasteiger partial charge in [-0.3, -0.25) is 4.90 Å². The number of rotatable bonds is 3. The molecule has 0 spiro atoms. The van der Waals surface area contributed by atoms with Crippen LogP contribution in [0.15, 0.2) is 12.1 Å². The van der Waals surface area contributed by atoms with Crippen molar-refractivity contribution in [1.82, 2.24) is 10.2 Å². The Labute approximate surface area is 103 Å². The van der Waals surface area contributed by atoms with E-state index in [1.54, 1.807) is 0 Å². The third kappa shape index (κ3) is 2.84. The van der Waals surface area contributed by atoms with E-state index in [0.717, 1.165) is 12.5 Å². The minimum absolute atomic E-state index is 0.710. The molecule has 0 aromatic carbocycles. The highest BCUT2D eigenvalue weighted by molar-refractivity contribution is 7.11. The normalized spacial score (nSPS) is 27.2. The van der Waals surface area contributed by atoms with Crippen LogP contribution in [-0.2, 0) is 6.54 Å². The Morgan fingerprint density at radius 2 is 2.31 bits per heavy atom. The highest BCUT2D eigenvalue weighted by Gasteiger charge is 2.24. The van der Waals surface area contributed by atoms with Gasteiger partial charge in [-0.05, 0) is 38.4 Å². The number of piperidine rings is 1. The van der Waals surface area contributed by atoms with E-state index < -0.39 is 0 Å².